The number of hydrogen-bond donors (Lipinski definition) is 2. The van der Waals surface area contributed by atoms with E-state index in [0.717, 1.165) is 5.69 Å². The first-order chi connectivity index (χ1) is 6.75. The number of nitrogen functional groups attached to an aromatic ring is 1. The lowest BCUT2D eigenvalue weighted by Crippen LogP contribution is -2.33. The molecule has 0 atom stereocenters. The molecule has 4 heteroatoms. The first-order valence-corrected chi connectivity index (χ1v) is 4.80. The Labute approximate surface area is 89.2 Å². The van der Waals surface area contributed by atoms with Crippen LogP contribution in [-0.4, -0.2) is 10.4 Å². The number of nitrogens with zero attached hydrogens (tertiary/aromatic N) is 1. The number of nitrogens with one attached hydrogen (secondary N) is 1. The van der Waals surface area contributed by atoms with Gasteiger partial charge in [-0.25, -0.2) is 0 Å². The van der Waals surface area contributed by atoms with Gasteiger partial charge in [-0.15, -0.1) is 0 Å². The molecular formula is C11H17N3O. The average Bonchev–Trinajstić information content (AvgIpc) is 2.06. The predicted molar refractivity (Wildman–Crippen MR) is 61.4 cm³/mol. The van der Waals surface area contributed by atoms with E-state index in [-0.39, 0.29) is 22.4 Å². The summed E-state index contributed by atoms with van der Waals surface area (Å²) in [4.78, 5) is 11.8. The lowest BCUT2D eigenvalue weighted by Gasteiger charge is -2.22. The molecule has 0 aliphatic heterocycles. The standard InChI is InChI=1S/C11H17N3O/c1-11(2,3)8-6-5-7(9(12)13)10(15)14(8)4/h5-6H,1-4H3,(H3,12,13). The van der Waals surface area contributed by atoms with Crippen LogP contribution >= 0.6 is 0 Å². The van der Waals surface area contributed by atoms with Gasteiger partial charge in [-0.2, -0.15) is 0 Å². The molecular weight excluding hydrogens is 190 g/mol. The molecule has 1 aromatic heterocycles. The summed E-state index contributed by atoms with van der Waals surface area (Å²) >= 11 is 0. The number of nitrogens with two attached hydrogens (primary N) is 1. The zero-order chi connectivity index (χ0) is 11.8. The highest BCUT2D eigenvalue weighted by atomic mass is 16.1. The SMILES string of the molecule is Cn1c(C(C)(C)C)ccc(C(=N)N)c1=O. The van der Waals surface area contributed by atoms with E-state index in [0.29, 0.717) is 0 Å². The third-order valence-electron chi connectivity index (χ3n) is 2.36. The van der Waals surface area contributed by atoms with Crippen LogP contribution in [0.5, 0.6) is 0 Å². The van der Waals surface area contributed by atoms with E-state index in [4.69, 9.17) is 11.1 Å². The molecule has 4 nitrogen and oxygen atoms in total. The van der Waals surface area contributed by atoms with Crippen molar-refractivity contribution in [3.05, 3.63) is 33.7 Å². The maximum atomic E-state index is 11.8. The summed E-state index contributed by atoms with van der Waals surface area (Å²) < 4.78 is 1.55. The topological polar surface area (TPSA) is 71.9 Å². The van der Waals surface area contributed by atoms with E-state index in [1.165, 1.54) is 0 Å². The summed E-state index contributed by atoms with van der Waals surface area (Å²) in [5, 5.41) is 7.26. The smallest absolute Gasteiger partial charge is 0.261 e. The lowest BCUT2D eigenvalue weighted by atomic mass is 9.91. The summed E-state index contributed by atoms with van der Waals surface area (Å²) in [6.45, 7) is 6.11. The number of hydrogen-bond acceptors (Lipinski definition) is 2. The molecule has 1 rings (SSSR count). The molecule has 0 aromatic carbocycles. The molecule has 0 fully saturated rings. The Bertz CT molecular complexity index is 452. The zero-order valence-corrected chi connectivity index (χ0v) is 9.59. The van der Waals surface area contributed by atoms with Crippen LogP contribution in [0.2, 0.25) is 0 Å². The molecule has 3 N–H and O–H groups in total. The van der Waals surface area contributed by atoms with E-state index >= 15 is 0 Å². The van der Waals surface area contributed by atoms with Crippen molar-refractivity contribution in [3.63, 3.8) is 0 Å². The third-order valence-corrected chi connectivity index (χ3v) is 2.36. The van der Waals surface area contributed by atoms with E-state index < -0.39 is 0 Å². The molecule has 1 heterocycles. The van der Waals surface area contributed by atoms with Crippen molar-refractivity contribution in [2.45, 2.75) is 26.2 Å². The van der Waals surface area contributed by atoms with Crippen LogP contribution < -0.4 is 11.3 Å². The van der Waals surface area contributed by atoms with Crippen LogP contribution in [-0.2, 0) is 12.5 Å². The maximum absolute atomic E-state index is 11.8. The van der Waals surface area contributed by atoms with E-state index in [9.17, 15) is 4.79 Å². The van der Waals surface area contributed by atoms with Crippen molar-refractivity contribution in [2.75, 3.05) is 0 Å². The molecule has 0 aliphatic carbocycles. The highest BCUT2D eigenvalue weighted by Gasteiger charge is 2.18. The Morgan fingerprint density at radius 2 is 1.93 bits per heavy atom. The molecule has 0 aliphatic rings. The molecule has 0 saturated heterocycles. The maximum Gasteiger partial charge on any atom is 0.261 e. The van der Waals surface area contributed by atoms with Crippen molar-refractivity contribution in [3.8, 4) is 0 Å². The molecule has 0 unspecified atom stereocenters. The van der Waals surface area contributed by atoms with Crippen LogP contribution in [0.3, 0.4) is 0 Å². The Morgan fingerprint density at radius 1 is 1.40 bits per heavy atom. The number of pyridine rings is 1. The molecule has 0 saturated carbocycles. The first-order valence-electron chi connectivity index (χ1n) is 4.80. The minimum Gasteiger partial charge on any atom is -0.384 e. The Balaban J connectivity index is 3.48. The zero-order valence-electron chi connectivity index (χ0n) is 9.59. The van der Waals surface area contributed by atoms with Gasteiger partial charge in [0.1, 0.15) is 5.84 Å². The molecule has 0 bridgehead atoms. The highest BCUT2D eigenvalue weighted by Crippen LogP contribution is 2.20. The fraction of sp³-hybridized carbons (Fsp3) is 0.455. The van der Waals surface area contributed by atoms with Gasteiger partial charge in [-0.1, -0.05) is 20.8 Å². The Morgan fingerprint density at radius 3 is 2.33 bits per heavy atom. The molecule has 0 amide bonds. The van der Waals surface area contributed by atoms with Gasteiger partial charge in [0.2, 0.25) is 0 Å². The summed E-state index contributed by atoms with van der Waals surface area (Å²) in [6, 6.07) is 3.46. The van der Waals surface area contributed by atoms with Gasteiger partial charge in [0.05, 0.1) is 5.56 Å². The van der Waals surface area contributed by atoms with Crippen LogP contribution in [0.15, 0.2) is 16.9 Å². The number of rotatable bonds is 1. The van der Waals surface area contributed by atoms with E-state index in [1.807, 2.05) is 26.8 Å². The fourth-order valence-electron chi connectivity index (χ4n) is 1.59. The Hall–Kier alpha value is -1.58. The predicted octanol–water partition coefficient (Wildman–Crippen LogP) is 0.967. The van der Waals surface area contributed by atoms with Gasteiger partial charge in [0.25, 0.3) is 5.56 Å². The number of aromatic nitrogens is 1. The quantitative estimate of drug-likeness (QED) is 0.532. The monoisotopic (exact) mass is 207 g/mol. The second-order valence-corrected chi connectivity index (χ2v) is 4.66. The second-order valence-electron chi connectivity index (χ2n) is 4.66. The largest absolute Gasteiger partial charge is 0.384 e. The van der Waals surface area contributed by atoms with Crippen molar-refractivity contribution in [1.82, 2.24) is 4.57 Å². The lowest BCUT2D eigenvalue weighted by molar-refractivity contribution is 0.531. The first kappa shape index (κ1) is 11.5. The second kappa shape index (κ2) is 3.53. The van der Waals surface area contributed by atoms with Gasteiger partial charge >= 0.3 is 0 Å². The Kier molecular flexibility index (Phi) is 2.71. The van der Waals surface area contributed by atoms with Crippen LogP contribution in [0.25, 0.3) is 0 Å². The molecule has 82 valence electrons. The summed E-state index contributed by atoms with van der Waals surface area (Å²) in [6.07, 6.45) is 0. The third kappa shape index (κ3) is 2.09. The van der Waals surface area contributed by atoms with Gasteiger partial charge in [0, 0.05) is 18.2 Å². The summed E-state index contributed by atoms with van der Waals surface area (Å²) in [5.41, 5.74) is 6.19. The highest BCUT2D eigenvalue weighted by molar-refractivity contribution is 5.94. The van der Waals surface area contributed by atoms with Crippen molar-refractivity contribution < 1.29 is 0 Å². The molecule has 0 spiro atoms. The normalized spacial score (nSPS) is 11.5. The minimum atomic E-state index is -0.213. The molecule has 1 aromatic rings. The van der Waals surface area contributed by atoms with E-state index in [1.54, 1.807) is 17.7 Å². The van der Waals surface area contributed by atoms with Crippen molar-refractivity contribution in [2.24, 2.45) is 12.8 Å². The molecule has 15 heavy (non-hydrogen) atoms. The van der Waals surface area contributed by atoms with Gasteiger partial charge < -0.3 is 10.3 Å². The summed E-state index contributed by atoms with van der Waals surface area (Å²) in [7, 11) is 1.70. The van der Waals surface area contributed by atoms with Crippen molar-refractivity contribution >= 4 is 5.84 Å². The number of amidine groups is 1. The fourth-order valence-corrected chi connectivity index (χ4v) is 1.59. The van der Waals surface area contributed by atoms with Crippen LogP contribution in [0.4, 0.5) is 0 Å². The molecule has 0 radical (unpaired) electrons. The summed E-state index contributed by atoms with van der Waals surface area (Å²) in [5.74, 6) is -0.184. The van der Waals surface area contributed by atoms with Crippen LogP contribution in [0.1, 0.15) is 32.0 Å². The van der Waals surface area contributed by atoms with Crippen molar-refractivity contribution in [1.29, 1.82) is 5.41 Å². The van der Waals surface area contributed by atoms with Gasteiger partial charge in [-0.05, 0) is 12.1 Å². The minimum absolute atomic E-state index is 0.0940. The van der Waals surface area contributed by atoms with Gasteiger partial charge in [0.15, 0.2) is 0 Å². The van der Waals surface area contributed by atoms with Crippen LogP contribution in [0, 0.1) is 5.41 Å². The van der Waals surface area contributed by atoms with Gasteiger partial charge in [-0.3, -0.25) is 10.2 Å². The average molecular weight is 207 g/mol. The van der Waals surface area contributed by atoms with E-state index in [2.05, 4.69) is 0 Å².